The maximum absolute atomic E-state index is 13.1. The molecule has 0 saturated carbocycles. The highest BCUT2D eigenvalue weighted by Gasteiger charge is 2.34. The van der Waals surface area contributed by atoms with Crippen LogP contribution >= 0.6 is 0 Å². The molecule has 162 valence electrons. The Hall–Kier alpha value is -3.34. The number of anilines is 1. The van der Waals surface area contributed by atoms with Crippen LogP contribution in [0.3, 0.4) is 0 Å². The molecule has 11 heteroatoms. The lowest BCUT2D eigenvalue weighted by atomic mass is 10.0. The number of likely N-dealkylation sites (tertiary alicyclic amines) is 1. The Morgan fingerprint density at radius 3 is 2.77 bits per heavy atom. The number of nitrogens with zero attached hydrogens (tertiary/aromatic N) is 7. The number of halogens is 1. The highest BCUT2D eigenvalue weighted by molar-refractivity contribution is 6.07. The maximum atomic E-state index is 13.1. The first-order valence-corrected chi connectivity index (χ1v) is 10.2. The van der Waals surface area contributed by atoms with Crippen molar-refractivity contribution in [2.24, 2.45) is 7.05 Å². The van der Waals surface area contributed by atoms with Crippen molar-refractivity contribution in [1.29, 1.82) is 0 Å². The Balaban J connectivity index is 1.36. The van der Waals surface area contributed by atoms with Crippen LogP contribution in [0.25, 0.3) is 5.65 Å². The van der Waals surface area contributed by atoms with Crippen LogP contribution in [0.5, 0.6) is 0 Å². The number of Topliss-reactive ketones (excluding diaryl/α,β-unsaturated/α-hetero) is 1. The van der Waals surface area contributed by atoms with E-state index in [1.807, 2.05) is 12.1 Å². The molecular formula is C20H22FN7O3. The van der Waals surface area contributed by atoms with Gasteiger partial charge < -0.3 is 14.5 Å². The standard InChI is InChI=1S/C20H22FN7O3/c1-25-18(15(10-22-25)19(30)27-11-14(21)12-27)16(29)8-13-2-3-28-17(9-13)23-20(24-28)26-4-6-31-7-5-26/h2-3,9-10,14H,4-8,11-12H2,1H3. The molecular weight excluding hydrogens is 405 g/mol. The number of fused-ring (bicyclic) bond motifs is 1. The largest absolute Gasteiger partial charge is 0.378 e. The normalized spacial score (nSPS) is 17.2. The number of ketones is 1. The fourth-order valence-corrected chi connectivity index (χ4v) is 3.87. The van der Waals surface area contributed by atoms with Crippen molar-refractivity contribution in [1.82, 2.24) is 29.3 Å². The molecule has 0 unspecified atom stereocenters. The number of aromatic nitrogens is 5. The molecule has 1 amide bonds. The van der Waals surface area contributed by atoms with Crippen LogP contribution in [0.15, 0.2) is 24.5 Å². The fraction of sp³-hybridized carbons (Fsp3) is 0.450. The number of carbonyl (C=O) groups is 2. The zero-order chi connectivity index (χ0) is 21.5. The van der Waals surface area contributed by atoms with Gasteiger partial charge in [-0.15, -0.1) is 5.10 Å². The number of aryl methyl sites for hydroxylation is 1. The van der Waals surface area contributed by atoms with Gasteiger partial charge in [0.25, 0.3) is 5.91 Å². The first-order chi connectivity index (χ1) is 15.0. The topological polar surface area (TPSA) is 97.9 Å². The predicted molar refractivity (Wildman–Crippen MR) is 108 cm³/mol. The molecule has 0 aromatic carbocycles. The van der Waals surface area contributed by atoms with Crippen LogP contribution in [0.2, 0.25) is 0 Å². The first kappa shape index (κ1) is 19.6. The van der Waals surface area contributed by atoms with E-state index >= 15 is 0 Å². The number of carbonyl (C=O) groups excluding carboxylic acids is 2. The molecule has 0 radical (unpaired) electrons. The smallest absolute Gasteiger partial charge is 0.258 e. The van der Waals surface area contributed by atoms with Gasteiger partial charge in [0.15, 0.2) is 11.4 Å². The van der Waals surface area contributed by atoms with Crippen LogP contribution in [-0.2, 0) is 18.2 Å². The molecule has 0 bridgehead atoms. The summed E-state index contributed by atoms with van der Waals surface area (Å²) < 4.78 is 21.6. The second-order valence-corrected chi connectivity index (χ2v) is 7.79. The second-order valence-electron chi connectivity index (χ2n) is 7.79. The Labute approximate surface area is 177 Å². The van der Waals surface area contributed by atoms with Crippen LogP contribution in [0.4, 0.5) is 10.3 Å². The SMILES string of the molecule is Cn1ncc(C(=O)N2CC(F)C2)c1C(=O)Cc1ccn2nc(N3CCOCC3)nc2c1. The quantitative estimate of drug-likeness (QED) is 0.548. The van der Waals surface area contributed by atoms with E-state index in [-0.39, 0.29) is 42.5 Å². The van der Waals surface area contributed by atoms with Gasteiger partial charge in [-0.25, -0.2) is 8.91 Å². The van der Waals surface area contributed by atoms with Gasteiger partial charge in [0.1, 0.15) is 11.9 Å². The molecule has 2 aliphatic heterocycles. The molecule has 0 spiro atoms. The van der Waals surface area contributed by atoms with E-state index < -0.39 is 6.17 Å². The highest BCUT2D eigenvalue weighted by Crippen LogP contribution is 2.20. The zero-order valence-electron chi connectivity index (χ0n) is 17.1. The van der Waals surface area contributed by atoms with Crippen molar-refractivity contribution in [3.05, 3.63) is 41.3 Å². The summed E-state index contributed by atoms with van der Waals surface area (Å²) in [5, 5.41) is 8.57. The van der Waals surface area contributed by atoms with E-state index in [2.05, 4.69) is 20.1 Å². The summed E-state index contributed by atoms with van der Waals surface area (Å²) in [6.07, 6.45) is 2.22. The molecule has 2 aliphatic rings. The Morgan fingerprint density at radius 1 is 1.26 bits per heavy atom. The lowest BCUT2D eigenvalue weighted by Gasteiger charge is -2.34. The van der Waals surface area contributed by atoms with E-state index in [4.69, 9.17) is 4.74 Å². The lowest BCUT2D eigenvalue weighted by molar-refractivity contribution is 0.0398. The van der Waals surface area contributed by atoms with Crippen LogP contribution in [0.1, 0.15) is 26.4 Å². The van der Waals surface area contributed by atoms with Gasteiger partial charge in [0.2, 0.25) is 5.95 Å². The van der Waals surface area contributed by atoms with Crippen molar-refractivity contribution in [3.63, 3.8) is 0 Å². The number of alkyl halides is 1. The lowest BCUT2D eigenvalue weighted by Crippen LogP contribution is -2.51. The van der Waals surface area contributed by atoms with Gasteiger partial charge in [-0.1, -0.05) is 0 Å². The van der Waals surface area contributed by atoms with E-state index in [1.54, 1.807) is 17.8 Å². The Morgan fingerprint density at radius 2 is 2.03 bits per heavy atom. The third-order valence-electron chi connectivity index (χ3n) is 5.61. The molecule has 0 aliphatic carbocycles. The van der Waals surface area contributed by atoms with Crippen molar-refractivity contribution in [3.8, 4) is 0 Å². The first-order valence-electron chi connectivity index (χ1n) is 10.2. The summed E-state index contributed by atoms with van der Waals surface area (Å²) in [4.78, 5) is 33.7. The van der Waals surface area contributed by atoms with E-state index in [0.29, 0.717) is 24.8 Å². The Bertz CT molecular complexity index is 1150. The average Bonchev–Trinajstić information content (AvgIpc) is 3.35. The van der Waals surface area contributed by atoms with Crippen molar-refractivity contribution in [2.75, 3.05) is 44.3 Å². The van der Waals surface area contributed by atoms with Crippen molar-refractivity contribution in [2.45, 2.75) is 12.6 Å². The number of hydrogen-bond acceptors (Lipinski definition) is 7. The summed E-state index contributed by atoms with van der Waals surface area (Å²) in [5.41, 5.74) is 1.83. The molecule has 3 aromatic rings. The van der Waals surface area contributed by atoms with E-state index in [9.17, 15) is 14.0 Å². The summed E-state index contributed by atoms with van der Waals surface area (Å²) in [5.74, 6) is 0.0263. The molecule has 10 nitrogen and oxygen atoms in total. The number of pyridine rings is 1. The maximum Gasteiger partial charge on any atom is 0.258 e. The average molecular weight is 427 g/mol. The van der Waals surface area contributed by atoms with Gasteiger partial charge in [0, 0.05) is 32.8 Å². The fourth-order valence-electron chi connectivity index (χ4n) is 3.87. The molecule has 5 heterocycles. The van der Waals surface area contributed by atoms with Gasteiger partial charge in [-0.05, 0) is 17.7 Å². The summed E-state index contributed by atoms with van der Waals surface area (Å²) >= 11 is 0. The molecule has 2 saturated heterocycles. The number of amides is 1. The Kier molecular flexibility index (Phi) is 4.89. The molecule has 0 atom stereocenters. The van der Waals surface area contributed by atoms with Crippen LogP contribution < -0.4 is 4.90 Å². The summed E-state index contributed by atoms with van der Waals surface area (Å²) in [6.45, 7) is 2.86. The minimum atomic E-state index is -1.00. The molecule has 0 N–H and O–H groups in total. The van der Waals surface area contributed by atoms with Gasteiger partial charge in [0.05, 0.1) is 38.1 Å². The number of rotatable bonds is 5. The molecule has 2 fully saturated rings. The van der Waals surface area contributed by atoms with Crippen molar-refractivity contribution < 1.29 is 18.7 Å². The van der Waals surface area contributed by atoms with Crippen LogP contribution in [-0.4, -0.2) is 86.5 Å². The molecule has 31 heavy (non-hydrogen) atoms. The van der Waals surface area contributed by atoms with Crippen molar-refractivity contribution >= 4 is 23.3 Å². The minimum absolute atomic E-state index is 0.0520. The van der Waals surface area contributed by atoms with E-state index in [1.165, 1.54) is 15.8 Å². The molecule has 5 rings (SSSR count). The molecule has 3 aromatic heterocycles. The summed E-state index contributed by atoms with van der Waals surface area (Å²) in [7, 11) is 1.62. The highest BCUT2D eigenvalue weighted by atomic mass is 19.1. The van der Waals surface area contributed by atoms with Gasteiger partial charge in [-0.3, -0.25) is 14.3 Å². The van der Waals surface area contributed by atoms with Crippen LogP contribution in [0, 0.1) is 0 Å². The third-order valence-corrected chi connectivity index (χ3v) is 5.61. The predicted octanol–water partition coefficient (Wildman–Crippen LogP) is 0.519. The second kappa shape index (κ2) is 7.73. The van der Waals surface area contributed by atoms with Gasteiger partial charge in [-0.2, -0.15) is 10.1 Å². The third kappa shape index (κ3) is 3.65. The zero-order valence-corrected chi connectivity index (χ0v) is 17.1. The van der Waals surface area contributed by atoms with Gasteiger partial charge >= 0.3 is 0 Å². The number of morpholine rings is 1. The summed E-state index contributed by atoms with van der Waals surface area (Å²) in [6, 6.07) is 3.62. The number of ether oxygens (including phenoxy) is 1. The minimum Gasteiger partial charge on any atom is -0.378 e. The van der Waals surface area contributed by atoms with E-state index in [0.717, 1.165) is 18.7 Å². The monoisotopic (exact) mass is 427 g/mol. The number of hydrogen-bond donors (Lipinski definition) is 0.